The van der Waals surface area contributed by atoms with Crippen LogP contribution in [0.15, 0.2) is 203 Å². The number of nitrogens with zero attached hydrogens (tertiary/aromatic N) is 2. The van der Waals surface area contributed by atoms with E-state index in [1.54, 1.807) is 0 Å². The van der Waals surface area contributed by atoms with Crippen LogP contribution in [0.25, 0.3) is 85.6 Å². The van der Waals surface area contributed by atoms with Gasteiger partial charge in [-0.3, -0.25) is 0 Å². The molecule has 0 N–H and O–H groups in total. The Labute approximate surface area is 367 Å². The summed E-state index contributed by atoms with van der Waals surface area (Å²) in [5.41, 5.74) is 12.3. The van der Waals surface area contributed by atoms with E-state index < -0.39 is 0 Å². The summed E-state index contributed by atoms with van der Waals surface area (Å²) < 4.78 is 15.8. The first-order chi connectivity index (χ1) is 31.0. The van der Waals surface area contributed by atoms with Crippen LogP contribution in [0.5, 0.6) is 0 Å². The predicted molar refractivity (Wildman–Crippen MR) is 268 cm³/mol. The van der Waals surface area contributed by atoms with Crippen LogP contribution in [0.1, 0.15) is 11.1 Å². The van der Waals surface area contributed by atoms with Crippen molar-refractivity contribution in [2.24, 2.45) is 0 Å². The first kappa shape index (κ1) is 35.9. The van der Waals surface area contributed by atoms with Crippen LogP contribution in [-0.2, 0) is 0 Å². The Balaban J connectivity index is 0.974. The minimum absolute atomic E-state index is 0.876. The fourth-order valence-electron chi connectivity index (χ4n) is 9.72. The SMILES string of the molecule is Cc1cccc(N(c2ccc3cc4sc5cc6ccc(N(c7cccc(C)c7)c7cccc8c7oc7ccccc78)cc6cc5c4cc3c2)c2cccc3c2oc2ccccc23)c1. The second-order valence-electron chi connectivity index (χ2n) is 16.7. The summed E-state index contributed by atoms with van der Waals surface area (Å²) in [4.78, 5) is 4.68. The Bertz CT molecular complexity index is 3730. The molecule has 0 atom stereocenters. The third-order valence-electron chi connectivity index (χ3n) is 12.6. The van der Waals surface area contributed by atoms with Crippen molar-refractivity contribution in [3.05, 3.63) is 205 Å². The van der Waals surface area contributed by atoms with Gasteiger partial charge in [-0.05, 0) is 144 Å². The molecule has 0 saturated heterocycles. The number of para-hydroxylation sites is 4. The summed E-state index contributed by atoms with van der Waals surface area (Å²) >= 11 is 1.86. The van der Waals surface area contributed by atoms with Gasteiger partial charge >= 0.3 is 0 Å². The Kier molecular flexibility index (Phi) is 7.87. The van der Waals surface area contributed by atoms with E-state index in [4.69, 9.17) is 8.83 Å². The topological polar surface area (TPSA) is 32.8 Å². The maximum Gasteiger partial charge on any atom is 0.159 e. The first-order valence-corrected chi connectivity index (χ1v) is 22.2. The highest BCUT2D eigenvalue weighted by atomic mass is 32.1. The van der Waals surface area contributed by atoms with Gasteiger partial charge in [-0.2, -0.15) is 0 Å². The lowest BCUT2D eigenvalue weighted by Gasteiger charge is -2.26. The van der Waals surface area contributed by atoms with Gasteiger partial charge in [0, 0.05) is 64.5 Å². The molecule has 0 aliphatic heterocycles. The zero-order valence-corrected chi connectivity index (χ0v) is 35.4. The van der Waals surface area contributed by atoms with Gasteiger partial charge in [-0.15, -0.1) is 11.3 Å². The molecular formula is C58H38N2O2S. The zero-order valence-electron chi connectivity index (χ0n) is 34.6. The minimum atomic E-state index is 0.876. The average Bonchev–Trinajstić information content (AvgIpc) is 3.99. The van der Waals surface area contributed by atoms with Crippen LogP contribution in [0, 0.1) is 13.8 Å². The maximum absolute atomic E-state index is 6.62. The molecular weight excluding hydrogens is 789 g/mol. The molecule has 3 aromatic heterocycles. The molecule has 298 valence electrons. The number of benzene rings is 10. The minimum Gasteiger partial charge on any atom is -0.454 e. The van der Waals surface area contributed by atoms with Crippen molar-refractivity contribution in [2.45, 2.75) is 13.8 Å². The van der Waals surface area contributed by atoms with Crippen molar-refractivity contribution in [2.75, 3.05) is 9.80 Å². The fourth-order valence-corrected chi connectivity index (χ4v) is 10.9. The predicted octanol–water partition coefficient (Wildman–Crippen LogP) is 17.7. The summed E-state index contributed by atoms with van der Waals surface area (Å²) in [5.74, 6) is 0. The van der Waals surface area contributed by atoms with Crippen LogP contribution >= 0.6 is 11.3 Å². The quantitative estimate of drug-likeness (QED) is 0.167. The van der Waals surface area contributed by atoms with E-state index in [2.05, 4.69) is 206 Å². The normalized spacial score (nSPS) is 12.0. The lowest BCUT2D eigenvalue weighted by molar-refractivity contribution is 0.668. The van der Waals surface area contributed by atoms with Gasteiger partial charge in [-0.1, -0.05) is 97.1 Å². The average molecular weight is 827 g/mol. The summed E-state index contributed by atoms with van der Waals surface area (Å²) in [7, 11) is 0. The van der Waals surface area contributed by atoms with Gasteiger partial charge in [0.05, 0.1) is 11.4 Å². The van der Waals surface area contributed by atoms with Crippen molar-refractivity contribution in [1.82, 2.24) is 0 Å². The van der Waals surface area contributed by atoms with Crippen molar-refractivity contribution < 1.29 is 8.83 Å². The van der Waals surface area contributed by atoms with Crippen molar-refractivity contribution >= 4 is 131 Å². The van der Waals surface area contributed by atoms with Gasteiger partial charge in [-0.25, -0.2) is 0 Å². The van der Waals surface area contributed by atoms with E-state index in [1.807, 2.05) is 23.5 Å². The second kappa shape index (κ2) is 13.8. The Hall–Kier alpha value is -7.86. The summed E-state index contributed by atoms with van der Waals surface area (Å²) in [5, 5.41) is 11.8. The number of hydrogen-bond donors (Lipinski definition) is 0. The molecule has 63 heavy (non-hydrogen) atoms. The van der Waals surface area contributed by atoms with Crippen molar-refractivity contribution in [1.29, 1.82) is 0 Å². The Morgan fingerprint density at radius 1 is 0.333 bits per heavy atom. The van der Waals surface area contributed by atoms with Gasteiger partial charge in [0.1, 0.15) is 11.2 Å². The molecule has 5 heteroatoms. The summed E-state index contributed by atoms with van der Waals surface area (Å²) in [6.45, 7) is 4.30. The molecule has 0 saturated carbocycles. The van der Waals surface area contributed by atoms with Crippen LogP contribution in [-0.4, -0.2) is 0 Å². The van der Waals surface area contributed by atoms with E-state index in [-0.39, 0.29) is 0 Å². The van der Waals surface area contributed by atoms with Gasteiger partial charge in [0.2, 0.25) is 0 Å². The maximum atomic E-state index is 6.62. The number of fused-ring (bicyclic) bond motifs is 11. The van der Waals surface area contributed by atoms with Gasteiger partial charge in [0.15, 0.2) is 11.2 Å². The number of hydrogen-bond acceptors (Lipinski definition) is 5. The first-order valence-electron chi connectivity index (χ1n) is 21.4. The monoisotopic (exact) mass is 826 g/mol. The third kappa shape index (κ3) is 5.74. The molecule has 0 radical (unpaired) electrons. The van der Waals surface area contributed by atoms with Crippen LogP contribution in [0.2, 0.25) is 0 Å². The summed E-state index contributed by atoms with van der Waals surface area (Å²) in [6, 6.07) is 70.1. The zero-order chi connectivity index (χ0) is 41.8. The van der Waals surface area contributed by atoms with E-state index >= 15 is 0 Å². The lowest BCUT2D eigenvalue weighted by atomic mass is 10.0. The fraction of sp³-hybridized carbons (Fsp3) is 0.0345. The number of thiophene rings is 1. The number of aryl methyl sites for hydroxylation is 2. The standard InChI is InChI=1S/C58H38N2O2S/c1-35-11-7-13-41(27-35)59(51-19-9-17-47-45-15-3-5-21-53(45)61-57(47)51)43-25-23-37-33-55-49(31-39(37)29-43)50-32-40-30-44(26-24-38(40)34-56(50)63-55)60(42-14-8-12-36(2)28-42)52-20-10-18-48-46-16-4-6-22-54(46)62-58(48)52/h3-34H,1-2H3. The largest absolute Gasteiger partial charge is 0.454 e. The molecule has 4 nitrogen and oxygen atoms in total. The molecule has 13 aromatic rings. The highest BCUT2D eigenvalue weighted by Gasteiger charge is 2.22. The van der Waals surface area contributed by atoms with Gasteiger partial charge in [0.25, 0.3) is 0 Å². The van der Waals surface area contributed by atoms with E-state index in [1.165, 1.54) is 52.8 Å². The van der Waals surface area contributed by atoms with Crippen LogP contribution in [0.3, 0.4) is 0 Å². The molecule has 13 rings (SSSR count). The van der Waals surface area contributed by atoms with Gasteiger partial charge < -0.3 is 18.6 Å². The number of rotatable bonds is 6. The van der Waals surface area contributed by atoms with E-state index in [0.29, 0.717) is 0 Å². The van der Waals surface area contributed by atoms with Crippen LogP contribution < -0.4 is 9.80 Å². The molecule has 3 heterocycles. The molecule has 0 spiro atoms. The molecule has 0 bridgehead atoms. The molecule has 0 aliphatic carbocycles. The highest BCUT2D eigenvalue weighted by Crippen LogP contribution is 2.46. The van der Waals surface area contributed by atoms with Crippen molar-refractivity contribution in [3.63, 3.8) is 0 Å². The van der Waals surface area contributed by atoms with Crippen LogP contribution in [0.4, 0.5) is 34.1 Å². The summed E-state index contributed by atoms with van der Waals surface area (Å²) in [6.07, 6.45) is 0. The molecule has 0 amide bonds. The molecule has 0 aliphatic rings. The lowest BCUT2D eigenvalue weighted by Crippen LogP contribution is -2.10. The van der Waals surface area contributed by atoms with E-state index in [0.717, 1.165) is 78.0 Å². The second-order valence-corrected chi connectivity index (χ2v) is 17.8. The van der Waals surface area contributed by atoms with Crippen molar-refractivity contribution in [3.8, 4) is 0 Å². The molecule has 0 unspecified atom stereocenters. The highest BCUT2D eigenvalue weighted by molar-refractivity contribution is 7.26. The smallest absolute Gasteiger partial charge is 0.159 e. The Morgan fingerprint density at radius 2 is 0.762 bits per heavy atom. The number of furan rings is 2. The molecule has 10 aromatic carbocycles. The van der Waals surface area contributed by atoms with E-state index in [9.17, 15) is 0 Å². The number of anilines is 6. The molecule has 0 fully saturated rings. The third-order valence-corrected chi connectivity index (χ3v) is 13.8. The Morgan fingerprint density at radius 3 is 1.24 bits per heavy atom.